The van der Waals surface area contributed by atoms with E-state index >= 15 is 8.78 Å². The lowest BCUT2D eigenvalue weighted by molar-refractivity contribution is 0.0787. The zero-order chi connectivity index (χ0) is 24.8. The van der Waals surface area contributed by atoms with Gasteiger partial charge in [-0.3, -0.25) is 9.78 Å². The lowest BCUT2D eigenvalue weighted by Gasteiger charge is -2.19. The summed E-state index contributed by atoms with van der Waals surface area (Å²) in [7, 11) is 0. The van der Waals surface area contributed by atoms with Crippen LogP contribution in [0.4, 0.5) is 19.0 Å². The van der Waals surface area contributed by atoms with Crippen molar-refractivity contribution in [3.63, 3.8) is 0 Å². The van der Waals surface area contributed by atoms with Gasteiger partial charge in [0.05, 0.1) is 24.5 Å². The SMILES string of the molecule is CCN1Cc2c(ccnc2N[C@@H](C)c2cc(F)c(-c3cc(C(C)(C)F)c(O)cn3)cc2F)C1=O. The number of pyridine rings is 2. The van der Waals surface area contributed by atoms with Gasteiger partial charge in [0, 0.05) is 40.6 Å². The highest BCUT2D eigenvalue weighted by Gasteiger charge is 2.30. The molecule has 6 nitrogen and oxygen atoms in total. The van der Waals surface area contributed by atoms with Gasteiger partial charge in [0.2, 0.25) is 0 Å². The van der Waals surface area contributed by atoms with Gasteiger partial charge in [-0.2, -0.15) is 0 Å². The second-order valence-corrected chi connectivity index (χ2v) is 8.78. The van der Waals surface area contributed by atoms with E-state index in [-0.39, 0.29) is 34.0 Å². The van der Waals surface area contributed by atoms with E-state index in [0.717, 1.165) is 18.3 Å². The molecule has 4 rings (SSSR count). The number of carbonyl (C=O) groups excluding carboxylic acids is 1. The Bertz CT molecular complexity index is 1270. The highest BCUT2D eigenvalue weighted by atomic mass is 19.1. The molecule has 1 atom stereocenters. The second-order valence-electron chi connectivity index (χ2n) is 8.78. The number of fused-ring (bicyclic) bond motifs is 1. The summed E-state index contributed by atoms with van der Waals surface area (Å²) in [6.45, 7) is 6.99. The number of alkyl halides is 1. The van der Waals surface area contributed by atoms with Gasteiger partial charge in [0.1, 0.15) is 28.9 Å². The monoisotopic (exact) mass is 470 g/mol. The van der Waals surface area contributed by atoms with Gasteiger partial charge in [-0.25, -0.2) is 18.2 Å². The molecular weight excluding hydrogens is 445 g/mol. The zero-order valence-corrected chi connectivity index (χ0v) is 19.3. The molecule has 0 bridgehead atoms. The average Bonchev–Trinajstić information content (AvgIpc) is 3.11. The van der Waals surface area contributed by atoms with Crippen molar-refractivity contribution in [2.75, 3.05) is 11.9 Å². The number of benzene rings is 1. The average molecular weight is 470 g/mol. The van der Waals surface area contributed by atoms with Crippen LogP contribution in [0.25, 0.3) is 11.3 Å². The Morgan fingerprint density at radius 2 is 1.91 bits per heavy atom. The quantitative estimate of drug-likeness (QED) is 0.499. The molecule has 2 aromatic heterocycles. The molecule has 1 aliphatic rings. The first kappa shape index (κ1) is 23.5. The van der Waals surface area contributed by atoms with Crippen molar-refractivity contribution < 1.29 is 23.1 Å². The van der Waals surface area contributed by atoms with Crippen LogP contribution in [-0.4, -0.2) is 32.4 Å². The Morgan fingerprint density at radius 3 is 2.59 bits per heavy atom. The Hall–Kier alpha value is -3.62. The van der Waals surface area contributed by atoms with Crippen LogP contribution in [0.5, 0.6) is 5.75 Å². The third-order valence-electron chi connectivity index (χ3n) is 6.01. The van der Waals surface area contributed by atoms with Gasteiger partial charge in [-0.15, -0.1) is 0 Å². The fourth-order valence-corrected chi connectivity index (χ4v) is 4.11. The zero-order valence-electron chi connectivity index (χ0n) is 19.3. The number of nitrogens with zero attached hydrogens (tertiary/aromatic N) is 3. The number of amides is 1. The molecule has 1 aliphatic heterocycles. The third kappa shape index (κ3) is 4.18. The normalized spacial score (nSPS) is 14.3. The van der Waals surface area contributed by atoms with Crippen LogP contribution in [0.3, 0.4) is 0 Å². The van der Waals surface area contributed by atoms with Gasteiger partial charge in [-0.1, -0.05) is 0 Å². The molecule has 3 heterocycles. The number of aromatic nitrogens is 2. The summed E-state index contributed by atoms with van der Waals surface area (Å²) in [6, 6.07) is 4.26. The number of aromatic hydroxyl groups is 1. The van der Waals surface area contributed by atoms with Crippen LogP contribution in [0.2, 0.25) is 0 Å². The van der Waals surface area contributed by atoms with Crippen molar-refractivity contribution >= 4 is 11.7 Å². The number of halogens is 3. The predicted molar refractivity (Wildman–Crippen MR) is 122 cm³/mol. The number of anilines is 1. The van der Waals surface area contributed by atoms with E-state index < -0.39 is 23.3 Å². The summed E-state index contributed by atoms with van der Waals surface area (Å²) >= 11 is 0. The number of nitrogens with one attached hydrogen (secondary N) is 1. The van der Waals surface area contributed by atoms with Gasteiger partial charge < -0.3 is 15.3 Å². The Labute approximate surface area is 195 Å². The summed E-state index contributed by atoms with van der Waals surface area (Å²) in [5.41, 5.74) is -0.804. The maximum atomic E-state index is 15.1. The van der Waals surface area contributed by atoms with Gasteiger partial charge >= 0.3 is 0 Å². The number of hydrogen-bond donors (Lipinski definition) is 2. The van der Waals surface area contributed by atoms with Crippen molar-refractivity contribution in [1.82, 2.24) is 14.9 Å². The van der Waals surface area contributed by atoms with E-state index in [1.54, 1.807) is 17.9 Å². The smallest absolute Gasteiger partial charge is 0.254 e. The second kappa shape index (κ2) is 8.62. The van der Waals surface area contributed by atoms with Crippen molar-refractivity contribution in [2.24, 2.45) is 0 Å². The minimum Gasteiger partial charge on any atom is -0.506 e. The molecule has 0 aliphatic carbocycles. The van der Waals surface area contributed by atoms with E-state index in [2.05, 4.69) is 15.3 Å². The molecule has 0 spiro atoms. The highest BCUT2D eigenvalue weighted by Crippen LogP contribution is 2.36. The molecule has 0 saturated carbocycles. The molecular formula is C25H25F3N4O2. The molecule has 9 heteroatoms. The molecule has 2 N–H and O–H groups in total. The topological polar surface area (TPSA) is 78.3 Å². The lowest BCUT2D eigenvalue weighted by atomic mass is 9.96. The minimum atomic E-state index is -1.90. The summed E-state index contributed by atoms with van der Waals surface area (Å²) in [4.78, 5) is 22.3. The minimum absolute atomic E-state index is 0.00259. The highest BCUT2D eigenvalue weighted by molar-refractivity contribution is 5.99. The molecule has 1 amide bonds. The Balaban J connectivity index is 1.65. The van der Waals surface area contributed by atoms with E-state index in [9.17, 15) is 14.3 Å². The van der Waals surface area contributed by atoms with Gasteiger partial charge in [-0.05, 0) is 52.0 Å². The summed E-state index contributed by atoms with van der Waals surface area (Å²) in [5.74, 6) is -1.45. The van der Waals surface area contributed by atoms with E-state index in [1.165, 1.54) is 26.1 Å². The first-order valence-electron chi connectivity index (χ1n) is 10.9. The standard InChI is InChI=1S/C25H25F3N4O2/c1-5-32-12-17-14(24(32)34)6-7-29-23(17)31-13(2)15-8-20(27)16(9-19(15)26)21-10-18(25(3,4)28)22(33)11-30-21/h6-11,13,33H,5,12H2,1-4H3,(H,29,31)/t13-/m0/s1. The van der Waals surface area contributed by atoms with Crippen LogP contribution in [0.15, 0.2) is 36.7 Å². The number of carbonyl (C=O) groups is 1. The first-order chi connectivity index (χ1) is 16.0. The molecule has 34 heavy (non-hydrogen) atoms. The fourth-order valence-electron chi connectivity index (χ4n) is 4.11. The molecule has 3 aromatic rings. The first-order valence-corrected chi connectivity index (χ1v) is 10.9. The summed E-state index contributed by atoms with van der Waals surface area (Å²) < 4.78 is 44.6. The maximum Gasteiger partial charge on any atom is 0.254 e. The molecule has 0 unspecified atom stereocenters. The largest absolute Gasteiger partial charge is 0.506 e. The third-order valence-corrected chi connectivity index (χ3v) is 6.01. The van der Waals surface area contributed by atoms with E-state index in [0.29, 0.717) is 30.0 Å². The van der Waals surface area contributed by atoms with E-state index in [4.69, 9.17) is 0 Å². The van der Waals surface area contributed by atoms with Crippen LogP contribution in [0.1, 0.15) is 60.8 Å². The summed E-state index contributed by atoms with van der Waals surface area (Å²) in [5, 5.41) is 13.0. The van der Waals surface area contributed by atoms with E-state index in [1.807, 2.05) is 6.92 Å². The molecule has 0 saturated heterocycles. The van der Waals surface area contributed by atoms with Crippen LogP contribution in [0, 0.1) is 11.6 Å². The van der Waals surface area contributed by atoms with Gasteiger partial charge in [0.15, 0.2) is 0 Å². The number of hydrogen-bond acceptors (Lipinski definition) is 5. The van der Waals surface area contributed by atoms with Crippen LogP contribution < -0.4 is 5.32 Å². The van der Waals surface area contributed by atoms with Crippen LogP contribution in [-0.2, 0) is 12.2 Å². The van der Waals surface area contributed by atoms with Crippen molar-refractivity contribution in [3.8, 4) is 17.0 Å². The Morgan fingerprint density at radius 1 is 1.18 bits per heavy atom. The predicted octanol–water partition coefficient (Wildman–Crippen LogP) is 5.48. The lowest BCUT2D eigenvalue weighted by Crippen LogP contribution is -2.22. The number of rotatable bonds is 6. The van der Waals surface area contributed by atoms with Crippen molar-refractivity contribution in [1.29, 1.82) is 0 Å². The molecule has 178 valence electrons. The molecule has 0 fully saturated rings. The molecule has 0 radical (unpaired) electrons. The van der Waals surface area contributed by atoms with Crippen molar-refractivity contribution in [2.45, 2.75) is 46.0 Å². The van der Waals surface area contributed by atoms with Crippen LogP contribution >= 0.6 is 0 Å². The summed E-state index contributed by atoms with van der Waals surface area (Å²) in [6.07, 6.45) is 2.52. The maximum absolute atomic E-state index is 15.1. The molecule has 1 aromatic carbocycles. The fraction of sp³-hybridized carbons (Fsp3) is 0.320. The van der Waals surface area contributed by atoms with Crippen molar-refractivity contribution in [3.05, 3.63) is 70.5 Å². The van der Waals surface area contributed by atoms with Gasteiger partial charge in [0.25, 0.3) is 5.91 Å². The Kier molecular flexibility index (Phi) is 5.97.